The Kier molecular flexibility index (Phi) is 4.54. The Morgan fingerprint density at radius 2 is 1.86 bits per heavy atom. The summed E-state index contributed by atoms with van der Waals surface area (Å²) in [6.45, 7) is 4.79. The molecule has 0 unspecified atom stereocenters. The van der Waals surface area contributed by atoms with Gasteiger partial charge in [0.2, 0.25) is 0 Å². The van der Waals surface area contributed by atoms with E-state index in [-0.39, 0.29) is 11.7 Å². The van der Waals surface area contributed by atoms with Crippen molar-refractivity contribution >= 4 is 5.91 Å². The summed E-state index contributed by atoms with van der Waals surface area (Å²) in [5.74, 6) is 0.693. The van der Waals surface area contributed by atoms with Crippen molar-refractivity contribution in [1.82, 2.24) is 9.80 Å². The molecule has 3 rings (SSSR count). The quantitative estimate of drug-likeness (QED) is 0.851. The van der Waals surface area contributed by atoms with Gasteiger partial charge in [0.05, 0.1) is 0 Å². The van der Waals surface area contributed by atoms with E-state index in [1.165, 1.54) is 37.9 Å². The summed E-state index contributed by atoms with van der Waals surface area (Å²) >= 11 is 0. The summed E-state index contributed by atoms with van der Waals surface area (Å²) < 4.78 is 12.9. The molecule has 1 saturated carbocycles. The maximum atomic E-state index is 12.9. The predicted octanol–water partition coefficient (Wildman–Crippen LogP) is 2.77. The van der Waals surface area contributed by atoms with Gasteiger partial charge in [0.15, 0.2) is 0 Å². The largest absolute Gasteiger partial charge is 0.337 e. The van der Waals surface area contributed by atoms with E-state index in [0.29, 0.717) is 5.56 Å². The Labute approximate surface area is 125 Å². The fraction of sp³-hybridized carbons (Fsp3) is 0.588. The lowest BCUT2D eigenvalue weighted by Crippen LogP contribution is -2.35. The van der Waals surface area contributed by atoms with Gasteiger partial charge in [0.25, 0.3) is 5.91 Å². The first kappa shape index (κ1) is 14.5. The molecule has 21 heavy (non-hydrogen) atoms. The molecular weight excluding hydrogens is 267 g/mol. The SMILES string of the molecule is O=C(c1ccc(F)cc1)N1CCCN(CCC2CC2)CC1. The number of carbonyl (C=O) groups is 1. The van der Waals surface area contributed by atoms with E-state index in [1.54, 1.807) is 12.1 Å². The number of benzene rings is 1. The summed E-state index contributed by atoms with van der Waals surface area (Å²) in [7, 11) is 0. The van der Waals surface area contributed by atoms with Crippen LogP contribution < -0.4 is 0 Å². The molecule has 1 aliphatic heterocycles. The van der Waals surface area contributed by atoms with Gasteiger partial charge in [-0.15, -0.1) is 0 Å². The highest BCUT2D eigenvalue weighted by atomic mass is 19.1. The zero-order valence-corrected chi connectivity index (χ0v) is 12.4. The molecule has 3 nitrogen and oxygen atoms in total. The average Bonchev–Trinajstić information content (AvgIpc) is 3.32. The second kappa shape index (κ2) is 6.56. The zero-order valence-electron chi connectivity index (χ0n) is 12.4. The van der Waals surface area contributed by atoms with Crippen molar-refractivity contribution in [3.63, 3.8) is 0 Å². The lowest BCUT2D eigenvalue weighted by Gasteiger charge is -2.22. The normalized spacial score (nSPS) is 20.3. The van der Waals surface area contributed by atoms with E-state index in [0.717, 1.165) is 38.5 Å². The summed E-state index contributed by atoms with van der Waals surface area (Å²) in [5, 5.41) is 0. The molecule has 0 bridgehead atoms. The zero-order chi connectivity index (χ0) is 14.7. The molecule has 2 aliphatic rings. The Hall–Kier alpha value is -1.42. The maximum absolute atomic E-state index is 12.9. The molecule has 1 amide bonds. The first-order chi connectivity index (χ1) is 10.2. The summed E-state index contributed by atoms with van der Waals surface area (Å²) in [4.78, 5) is 16.8. The van der Waals surface area contributed by atoms with Crippen molar-refractivity contribution in [3.05, 3.63) is 35.6 Å². The van der Waals surface area contributed by atoms with Crippen LogP contribution in [0, 0.1) is 11.7 Å². The Bertz CT molecular complexity index is 484. The van der Waals surface area contributed by atoms with Crippen molar-refractivity contribution in [3.8, 4) is 0 Å². The molecule has 4 heteroatoms. The predicted molar refractivity (Wildman–Crippen MR) is 80.7 cm³/mol. The van der Waals surface area contributed by atoms with Crippen LogP contribution in [-0.2, 0) is 0 Å². The van der Waals surface area contributed by atoms with Crippen LogP contribution >= 0.6 is 0 Å². The van der Waals surface area contributed by atoms with E-state index in [2.05, 4.69) is 4.90 Å². The van der Waals surface area contributed by atoms with Gasteiger partial charge in [-0.25, -0.2) is 4.39 Å². The van der Waals surface area contributed by atoms with Gasteiger partial charge in [-0.1, -0.05) is 12.8 Å². The number of hydrogen-bond donors (Lipinski definition) is 0. The average molecular weight is 290 g/mol. The minimum atomic E-state index is -0.298. The van der Waals surface area contributed by atoms with Crippen LogP contribution in [-0.4, -0.2) is 48.4 Å². The van der Waals surface area contributed by atoms with Gasteiger partial charge in [-0.05, 0) is 56.1 Å². The van der Waals surface area contributed by atoms with Crippen LogP contribution in [0.1, 0.15) is 36.0 Å². The van der Waals surface area contributed by atoms with Crippen LogP contribution in [0.4, 0.5) is 4.39 Å². The monoisotopic (exact) mass is 290 g/mol. The molecular formula is C17H23FN2O. The molecule has 1 aliphatic carbocycles. The second-order valence-electron chi connectivity index (χ2n) is 6.23. The van der Waals surface area contributed by atoms with Crippen molar-refractivity contribution < 1.29 is 9.18 Å². The lowest BCUT2D eigenvalue weighted by molar-refractivity contribution is 0.0761. The number of amides is 1. The van der Waals surface area contributed by atoms with Crippen LogP contribution in [0.3, 0.4) is 0 Å². The van der Waals surface area contributed by atoms with Gasteiger partial charge in [0.1, 0.15) is 5.82 Å². The van der Waals surface area contributed by atoms with Crippen molar-refractivity contribution in [2.24, 2.45) is 5.92 Å². The molecule has 114 valence electrons. The summed E-state index contributed by atoms with van der Waals surface area (Å²) in [5.41, 5.74) is 0.586. The number of halogens is 1. The highest BCUT2D eigenvalue weighted by Crippen LogP contribution is 2.32. The Balaban J connectivity index is 1.53. The van der Waals surface area contributed by atoms with E-state index >= 15 is 0 Å². The number of hydrogen-bond acceptors (Lipinski definition) is 2. The van der Waals surface area contributed by atoms with Gasteiger partial charge >= 0.3 is 0 Å². The Morgan fingerprint density at radius 1 is 1.10 bits per heavy atom. The minimum absolute atomic E-state index is 0.0269. The van der Waals surface area contributed by atoms with Crippen LogP contribution in [0.25, 0.3) is 0 Å². The maximum Gasteiger partial charge on any atom is 0.253 e. The molecule has 0 radical (unpaired) electrons. The van der Waals surface area contributed by atoms with E-state index in [9.17, 15) is 9.18 Å². The van der Waals surface area contributed by atoms with Gasteiger partial charge in [-0.3, -0.25) is 4.79 Å². The molecule has 2 fully saturated rings. The van der Waals surface area contributed by atoms with Crippen LogP contribution in [0.2, 0.25) is 0 Å². The molecule has 1 heterocycles. The third-order valence-corrected chi connectivity index (χ3v) is 4.52. The molecule has 1 saturated heterocycles. The molecule has 1 aromatic carbocycles. The number of carbonyl (C=O) groups excluding carboxylic acids is 1. The third-order valence-electron chi connectivity index (χ3n) is 4.52. The molecule has 0 aromatic heterocycles. The van der Waals surface area contributed by atoms with Crippen molar-refractivity contribution in [2.75, 3.05) is 32.7 Å². The fourth-order valence-corrected chi connectivity index (χ4v) is 2.94. The first-order valence-electron chi connectivity index (χ1n) is 7.99. The Morgan fingerprint density at radius 3 is 2.57 bits per heavy atom. The van der Waals surface area contributed by atoms with E-state index < -0.39 is 0 Å². The van der Waals surface area contributed by atoms with Gasteiger partial charge in [0, 0.05) is 25.2 Å². The van der Waals surface area contributed by atoms with Gasteiger partial charge in [-0.2, -0.15) is 0 Å². The van der Waals surface area contributed by atoms with Crippen molar-refractivity contribution in [2.45, 2.75) is 25.7 Å². The number of nitrogens with zero attached hydrogens (tertiary/aromatic N) is 2. The smallest absolute Gasteiger partial charge is 0.253 e. The lowest BCUT2D eigenvalue weighted by atomic mass is 10.2. The number of rotatable bonds is 4. The molecule has 0 N–H and O–H groups in total. The first-order valence-corrected chi connectivity index (χ1v) is 7.99. The van der Waals surface area contributed by atoms with E-state index in [4.69, 9.17) is 0 Å². The molecule has 0 atom stereocenters. The third kappa shape index (κ3) is 4.03. The summed E-state index contributed by atoms with van der Waals surface area (Å²) in [6.07, 6.45) is 5.15. The fourth-order valence-electron chi connectivity index (χ4n) is 2.94. The second-order valence-corrected chi connectivity index (χ2v) is 6.23. The highest BCUT2D eigenvalue weighted by Gasteiger charge is 2.24. The van der Waals surface area contributed by atoms with Crippen LogP contribution in [0.15, 0.2) is 24.3 Å². The van der Waals surface area contributed by atoms with E-state index in [1.807, 2.05) is 4.90 Å². The molecule has 1 aromatic rings. The molecule has 0 spiro atoms. The highest BCUT2D eigenvalue weighted by molar-refractivity contribution is 5.94. The van der Waals surface area contributed by atoms with Gasteiger partial charge < -0.3 is 9.80 Å². The van der Waals surface area contributed by atoms with Crippen LogP contribution in [0.5, 0.6) is 0 Å². The standard InChI is InChI=1S/C17H23FN2O/c18-16-6-4-15(5-7-16)17(21)20-10-1-9-19(12-13-20)11-8-14-2-3-14/h4-7,14H,1-3,8-13H2. The summed E-state index contributed by atoms with van der Waals surface area (Å²) in [6, 6.07) is 5.86. The van der Waals surface area contributed by atoms with Crippen molar-refractivity contribution in [1.29, 1.82) is 0 Å². The minimum Gasteiger partial charge on any atom is -0.337 e. The topological polar surface area (TPSA) is 23.6 Å².